The first-order chi connectivity index (χ1) is 6.20. The van der Waals surface area contributed by atoms with E-state index in [0.717, 1.165) is 31.5 Å². The smallest absolute Gasteiger partial charge is 0.328 e. The van der Waals surface area contributed by atoms with Crippen LogP contribution in [0.25, 0.3) is 0 Å². The molecule has 1 heterocycles. The molecule has 5 nitrogen and oxygen atoms in total. The second-order valence-electron chi connectivity index (χ2n) is 2.78. The second-order valence-corrected chi connectivity index (χ2v) is 2.78. The standard InChI is InChI=1S/C8H12N2O3/c11-7(3-4-8(12)13)10-6-2-1-5-9-10/h3-4,9H,1-2,5-6H2,(H,12,13)/b4-3+. The van der Waals surface area contributed by atoms with Crippen LogP contribution in [0, 0.1) is 0 Å². The molecule has 5 heteroatoms. The van der Waals surface area contributed by atoms with Crippen molar-refractivity contribution >= 4 is 11.9 Å². The van der Waals surface area contributed by atoms with Crippen LogP contribution >= 0.6 is 0 Å². The van der Waals surface area contributed by atoms with Gasteiger partial charge >= 0.3 is 5.97 Å². The fraction of sp³-hybridized carbons (Fsp3) is 0.500. The average molecular weight is 184 g/mol. The van der Waals surface area contributed by atoms with Crippen molar-refractivity contribution in [3.8, 4) is 0 Å². The topological polar surface area (TPSA) is 69.6 Å². The van der Waals surface area contributed by atoms with Crippen molar-refractivity contribution in [2.45, 2.75) is 12.8 Å². The van der Waals surface area contributed by atoms with Crippen molar-refractivity contribution in [2.75, 3.05) is 13.1 Å². The van der Waals surface area contributed by atoms with Gasteiger partial charge in [0.05, 0.1) is 0 Å². The summed E-state index contributed by atoms with van der Waals surface area (Å²) in [6.07, 6.45) is 3.91. The van der Waals surface area contributed by atoms with Crippen LogP contribution in [0.3, 0.4) is 0 Å². The highest BCUT2D eigenvalue weighted by atomic mass is 16.4. The van der Waals surface area contributed by atoms with Crippen molar-refractivity contribution in [2.24, 2.45) is 0 Å². The number of carbonyl (C=O) groups excluding carboxylic acids is 1. The number of carbonyl (C=O) groups is 2. The second kappa shape index (κ2) is 4.61. The molecule has 0 spiro atoms. The van der Waals surface area contributed by atoms with E-state index in [9.17, 15) is 9.59 Å². The third-order valence-electron chi connectivity index (χ3n) is 1.75. The zero-order chi connectivity index (χ0) is 9.68. The Bertz CT molecular complexity index is 232. The van der Waals surface area contributed by atoms with E-state index < -0.39 is 5.97 Å². The molecule has 1 aliphatic rings. The van der Waals surface area contributed by atoms with Gasteiger partial charge in [-0.2, -0.15) is 0 Å². The zero-order valence-electron chi connectivity index (χ0n) is 7.19. The van der Waals surface area contributed by atoms with Crippen molar-refractivity contribution < 1.29 is 14.7 Å². The van der Waals surface area contributed by atoms with Gasteiger partial charge < -0.3 is 5.11 Å². The number of amides is 1. The number of rotatable bonds is 2. The summed E-state index contributed by atoms with van der Waals surface area (Å²) in [5, 5.41) is 9.72. The highest BCUT2D eigenvalue weighted by Gasteiger charge is 2.13. The molecule has 0 saturated carbocycles. The minimum Gasteiger partial charge on any atom is -0.478 e. The number of hydrogen-bond donors (Lipinski definition) is 2. The lowest BCUT2D eigenvalue weighted by atomic mass is 10.2. The molecular formula is C8H12N2O3. The Hall–Kier alpha value is -1.36. The first-order valence-electron chi connectivity index (χ1n) is 4.16. The predicted molar refractivity (Wildman–Crippen MR) is 45.7 cm³/mol. The van der Waals surface area contributed by atoms with Gasteiger partial charge in [0.25, 0.3) is 5.91 Å². The van der Waals surface area contributed by atoms with Crippen molar-refractivity contribution in [1.29, 1.82) is 0 Å². The summed E-state index contributed by atoms with van der Waals surface area (Å²) < 4.78 is 0. The lowest BCUT2D eigenvalue weighted by molar-refractivity contribution is -0.133. The maximum Gasteiger partial charge on any atom is 0.328 e. The van der Waals surface area contributed by atoms with E-state index in [1.54, 1.807) is 0 Å². The normalized spacial score (nSPS) is 17.7. The quantitative estimate of drug-likeness (QED) is 0.581. The van der Waals surface area contributed by atoms with Gasteiger partial charge in [0.2, 0.25) is 0 Å². The van der Waals surface area contributed by atoms with Crippen LogP contribution < -0.4 is 5.43 Å². The van der Waals surface area contributed by atoms with Crippen LogP contribution in [0.15, 0.2) is 12.2 Å². The van der Waals surface area contributed by atoms with Crippen molar-refractivity contribution in [3.05, 3.63) is 12.2 Å². The fourth-order valence-corrected chi connectivity index (χ4v) is 1.11. The van der Waals surface area contributed by atoms with Gasteiger partial charge in [0.15, 0.2) is 0 Å². The molecule has 1 rings (SSSR count). The van der Waals surface area contributed by atoms with Crippen LogP contribution in [0.2, 0.25) is 0 Å². The van der Waals surface area contributed by atoms with Crippen LogP contribution in [-0.2, 0) is 9.59 Å². The van der Waals surface area contributed by atoms with E-state index >= 15 is 0 Å². The molecule has 1 amide bonds. The van der Waals surface area contributed by atoms with Gasteiger partial charge in [-0.3, -0.25) is 9.80 Å². The fourth-order valence-electron chi connectivity index (χ4n) is 1.11. The Balaban J connectivity index is 2.41. The number of hydrogen-bond acceptors (Lipinski definition) is 3. The molecule has 0 radical (unpaired) electrons. The molecule has 0 bridgehead atoms. The zero-order valence-corrected chi connectivity index (χ0v) is 7.19. The Labute approximate surface area is 76.0 Å². The van der Waals surface area contributed by atoms with Crippen LogP contribution in [0.4, 0.5) is 0 Å². The Kier molecular flexibility index (Phi) is 3.45. The van der Waals surface area contributed by atoms with Crippen molar-refractivity contribution in [1.82, 2.24) is 10.4 Å². The van der Waals surface area contributed by atoms with Gasteiger partial charge in [-0.1, -0.05) is 0 Å². The van der Waals surface area contributed by atoms with Crippen LogP contribution in [-0.4, -0.2) is 35.1 Å². The van der Waals surface area contributed by atoms with Gasteiger partial charge in [0, 0.05) is 25.2 Å². The van der Waals surface area contributed by atoms with E-state index in [2.05, 4.69) is 5.43 Å². The van der Waals surface area contributed by atoms with Crippen molar-refractivity contribution in [3.63, 3.8) is 0 Å². The molecule has 0 aromatic heterocycles. The summed E-state index contributed by atoms with van der Waals surface area (Å²) in [5.74, 6) is -1.41. The highest BCUT2D eigenvalue weighted by molar-refractivity contribution is 5.93. The SMILES string of the molecule is O=C(O)/C=C/C(=O)N1CCCCN1. The lowest BCUT2D eigenvalue weighted by Gasteiger charge is -2.26. The van der Waals surface area contributed by atoms with Gasteiger partial charge in [-0.05, 0) is 12.8 Å². The molecular weight excluding hydrogens is 172 g/mol. The molecule has 0 unspecified atom stereocenters. The first-order valence-corrected chi connectivity index (χ1v) is 4.16. The van der Waals surface area contributed by atoms with Gasteiger partial charge in [0.1, 0.15) is 0 Å². The number of nitrogens with one attached hydrogen (secondary N) is 1. The third-order valence-corrected chi connectivity index (χ3v) is 1.75. The van der Waals surface area contributed by atoms with E-state index in [-0.39, 0.29) is 5.91 Å². The maximum atomic E-state index is 11.2. The van der Waals surface area contributed by atoms with E-state index in [1.165, 1.54) is 5.01 Å². The number of hydrazine groups is 1. The molecule has 1 fully saturated rings. The molecule has 0 atom stereocenters. The molecule has 2 N–H and O–H groups in total. The summed E-state index contributed by atoms with van der Waals surface area (Å²) in [6, 6.07) is 0. The Morgan fingerprint density at radius 3 is 2.62 bits per heavy atom. The first kappa shape index (κ1) is 9.73. The summed E-state index contributed by atoms with van der Waals surface area (Å²) in [5.41, 5.74) is 2.88. The number of aliphatic carboxylic acids is 1. The minimum absolute atomic E-state index is 0.304. The highest BCUT2D eigenvalue weighted by Crippen LogP contribution is 1.99. The van der Waals surface area contributed by atoms with Crippen LogP contribution in [0.5, 0.6) is 0 Å². The van der Waals surface area contributed by atoms with E-state index in [0.29, 0.717) is 6.54 Å². The number of carboxylic acid groups (broad SMARTS) is 1. The Morgan fingerprint density at radius 2 is 2.08 bits per heavy atom. The largest absolute Gasteiger partial charge is 0.478 e. The number of nitrogens with zero attached hydrogens (tertiary/aromatic N) is 1. The molecule has 0 aromatic carbocycles. The lowest BCUT2D eigenvalue weighted by Crippen LogP contribution is -2.46. The maximum absolute atomic E-state index is 11.2. The monoisotopic (exact) mass is 184 g/mol. The molecule has 0 aliphatic carbocycles. The van der Waals surface area contributed by atoms with Gasteiger partial charge in [-0.25, -0.2) is 10.2 Å². The molecule has 1 aliphatic heterocycles. The predicted octanol–water partition coefficient (Wildman–Crippen LogP) is -0.246. The minimum atomic E-state index is -1.11. The Morgan fingerprint density at radius 1 is 1.31 bits per heavy atom. The molecule has 13 heavy (non-hydrogen) atoms. The van der Waals surface area contributed by atoms with E-state index in [4.69, 9.17) is 5.11 Å². The van der Waals surface area contributed by atoms with E-state index in [1.807, 2.05) is 0 Å². The summed E-state index contributed by atoms with van der Waals surface area (Å²) in [7, 11) is 0. The molecule has 1 saturated heterocycles. The number of carboxylic acids is 1. The molecule has 0 aromatic rings. The van der Waals surface area contributed by atoms with Gasteiger partial charge in [-0.15, -0.1) is 0 Å². The molecule has 72 valence electrons. The summed E-state index contributed by atoms with van der Waals surface area (Å²) >= 11 is 0. The third kappa shape index (κ3) is 3.25. The summed E-state index contributed by atoms with van der Waals surface area (Å²) in [4.78, 5) is 21.3. The van der Waals surface area contributed by atoms with Crippen LogP contribution in [0.1, 0.15) is 12.8 Å². The summed E-state index contributed by atoms with van der Waals surface area (Å²) in [6.45, 7) is 1.41. The average Bonchev–Trinajstić information content (AvgIpc) is 2.15.